The molecule has 180 valence electrons. The third kappa shape index (κ3) is 4.77. The normalized spacial score (nSPS) is 15.0. The van der Waals surface area contributed by atoms with E-state index < -0.39 is 23.4 Å². The first-order chi connectivity index (χ1) is 16.9. The van der Waals surface area contributed by atoms with E-state index in [0.29, 0.717) is 34.5 Å². The molecule has 1 aliphatic rings. The Morgan fingerprint density at radius 3 is 2.69 bits per heavy atom. The minimum atomic E-state index is -0.952. The Bertz CT molecular complexity index is 1400. The summed E-state index contributed by atoms with van der Waals surface area (Å²) in [7, 11) is 0. The number of H-pyrrole nitrogens is 1. The number of nitrogens with zero attached hydrogens (tertiary/aromatic N) is 3. The summed E-state index contributed by atoms with van der Waals surface area (Å²) in [5, 5.41) is 9.64. The predicted octanol–water partition coefficient (Wildman–Crippen LogP) is 5.53. The quantitative estimate of drug-likeness (QED) is 0.395. The van der Waals surface area contributed by atoms with Gasteiger partial charge in [-0.1, -0.05) is 13.0 Å². The van der Waals surface area contributed by atoms with Gasteiger partial charge < -0.3 is 5.32 Å². The number of fused-ring (bicyclic) bond motifs is 1. The van der Waals surface area contributed by atoms with Crippen molar-refractivity contribution in [3.8, 4) is 11.1 Å². The lowest BCUT2D eigenvalue weighted by Crippen LogP contribution is -2.32. The fourth-order valence-electron chi connectivity index (χ4n) is 4.43. The summed E-state index contributed by atoms with van der Waals surface area (Å²) in [4.78, 5) is 18.8. The Labute approximate surface area is 200 Å². The molecule has 0 radical (unpaired) electrons. The second-order valence-corrected chi connectivity index (χ2v) is 9.04. The highest BCUT2D eigenvalue weighted by molar-refractivity contribution is 6.11. The van der Waals surface area contributed by atoms with Crippen LogP contribution in [0.15, 0.2) is 48.8 Å². The van der Waals surface area contributed by atoms with Crippen LogP contribution >= 0.6 is 0 Å². The number of halogens is 3. The molecular weight excluding hydrogens is 455 g/mol. The smallest absolute Gasteiger partial charge is 0.276 e. The van der Waals surface area contributed by atoms with Gasteiger partial charge in [-0.2, -0.15) is 5.10 Å². The van der Waals surface area contributed by atoms with Crippen molar-refractivity contribution in [2.75, 3.05) is 18.4 Å². The lowest BCUT2D eigenvalue weighted by atomic mass is 9.97. The topological polar surface area (TPSA) is 73.9 Å². The Morgan fingerprint density at radius 1 is 1.11 bits per heavy atom. The van der Waals surface area contributed by atoms with E-state index in [1.54, 1.807) is 24.3 Å². The van der Waals surface area contributed by atoms with Crippen LogP contribution in [0, 0.1) is 23.4 Å². The van der Waals surface area contributed by atoms with E-state index in [9.17, 15) is 18.0 Å². The summed E-state index contributed by atoms with van der Waals surface area (Å²) in [6.07, 6.45) is 4.64. The van der Waals surface area contributed by atoms with Gasteiger partial charge in [0.25, 0.3) is 5.91 Å². The van der Waals surface area contributed by atoms with Gasteiger partial charge in [-0.15, -0.1) is 0 Å². The van der Waals surface area contributed by atoms with Crippen LogP contribution in [-0.4, -0.2) is 39.1 Å². The number of rotatable bonds is 5. The van der Waals surface area contributed by atoms with Gasteiger partial charge in [0.2, 0.25) is 0 Å². The largest absolute Gasteiger partial charge is 0.317 e. The molecule has 35 heavy (non-hydrogen) atoms. The number of hydrogen-bond acceptors (Lipinski definition) is 4. The molecule has 2 aromatic heterocycles. The molecule has 2 N–H and O–H groups in total. The van der Waals surface area contributed by atoms with E-state index in [0.717, 1.165) is 32.0 Å². The van der Waals surface area contributed by atoms with Crippen molar-refractivity contribution in [1.29, 1.82) is 0 Å². The van der Waals surface area contributed by atoms with Gasteiger partial charge >= 0.3 is 0 Å². The van der Waals surface area contributed by atoms with Crippen molar-refractivity contribution >= 4 is 22.5 Å². The van der Waals surface area contributed by atoms with Crippen LogP contribution in [0.2, 0.25) is 0 Å². The third-order valence-electron chi connectivity index (χ3n) is 6.48. The molecule has 5 rings (SSSR count). The summed E-state index contributed by atoms with van der Waals surface area (Å²) in [6, 6.07) is 8.90. The van der Waals surface area contributed by atoms with Crippen LogP contribution in [0.5, 0.6) is 0 Å². The van der Waals surface area contributed by atoms with Crippen LogP contribution in [0.25, 0.3) is 22.0 Å². The van der Waals surface area contributed by atoms with Gasteiger partial charge in [0, 0.05) is 23.7 Å². The molecule has 1 amide bonds. The molecule has 0 spiro atoms. The SMILES string of the molecule is CC1CCN(Cc2cc(F)c(F)c(-c3ccc4[nH]nc(C(=O)Nc5cnccc5F)c4c3)c2)CC1. The molecule has 1 aliphatic heterocycles. The molecule has 3 heterocycles. The molecular formula is C26H24F3N5O. The highest BCUT2D eigenvalue weighted by atomic mass is 19.2. The lowest BCUT2D eigenvalue weighted by Gasteiger charge is -2.30. The average molecular weight is 480 g/mol. The van der Waals surface area contributed by atoms with Gasteiger partial charge in [0.1, 0.15) is 5.82 Å². The van der Waals surface area contributed by atoms with Gasteiger partial charge in [0.15, 0.2) is 17.3 Å². The minimum Gasteiger partial charge on any atom is -0.317 e. The molecule has 0 aliphatic carbocycles. The third-order valence-corrected chi connectivity index (χ3v) is 6.48. The molecule has 0 saturated carbocycles. The van der Waals surface area contributed by atoms with Crippen molar-refractivity contribution in [3.05, 3.63) is 77.5 Å². The van der Waals surface area contributed by atoms with E-state index in [-0.39, 0.29) is 16.9 Å². The Balaban J connectivity index is 1.46. The first-order valence-corrected chi connectivity index (χ1v) is 11.5. The zero-order chi connectivity index (χ0) is 24.5. The van der Waals surface area contributed by atoms with Crippen molar-refractivity contribution in [2.24, 2.45) is 5.92 Å². The van der Waals surface area contributed by atoms with E-state index >= 15 is 0 Å². The van der Waals surface area contributed by atoms with Gasteiger partial charge in [-0.3, -0.25) is 19.8 Å². The van der Waals surface area contributed by atoms with Crippen molar-refractivity contribution in [1.82, 2.24) is 20.1 Å². The van der Waals surface area contributed by atoms with Gasteiger partial charge in [0.05, 0.1) is 17.4 Å². The minimum absolute atomic E-state index is 0.00424. The summed E-state index contributed by atoms with van der Waals surface area (Å²) in [5.74, 6) is -2.48. The maximum atomic E-state index is 14.9. The van der Waals surface area contributed by atoms with E-state index in [1.165, 1.54) is 18.5 Å². The van der Waals surface area contributed by atoms with Crippen LogP contribution in [0.1, 0.15) is 35.8 Å². The van der Waals surface area contributed by atoms with Crippen LogP contribution in [0.3, 0.4) is 0 Å². The Hall–Kier alpha value is -3.72. The molecule has 0 bridgehead atoms. The number of pyridine rings is 1. The van der Waals surface area contributed by atoms with Crippen molar-refractivity contribution in [3.63, 3.8) is 0 Å². The Morgan fingerprint density at radius 2 is 1.91 bits per heavy atom. The molecule has 1 fully saturated rings. The second kappa shape index (κ2) is 9.50. The molecule has 0 atom stereocenters. The lowest BCUT2D eigenvalue weighted by molar-refractivity contribution is 0.102. The number of benzene rings is 2. The molecule has 2 aromatic carbocycles. The summed E-state index contributed by atoms with van der Waals surface area (Å²) in [6.45, 7) is 4.61. The number of aromatic amines is 1. The number of hydrogen-bond donors (Lipinski definition) is 2. The number of amides is 1. The summed E-state index contributed by atoms with van der Waals surface area (Å²) in [5.41, 5.74) is 1.65. The summed E-state index contributed by atoms with van der Waals surface area (Å²) >= 11 is 0. The van der Waals surface area contributed by atoms with E-state index in [1.807, 2.05) is 0 Å². The highest BCUT2D eigenvalue weighted by Crippen LogP contribution is 2.31. The van der Waals surface area contributed by atoms with E-state index in [4.69, 9.17) is 0 Å². The predicted molar refractivity (Wildman–Crippen MR) is 127 cm³/mol. The first-order valence-electron chi connectivity index (χ1n) is 11.5. The maximum Gasteiger partial charge on any atom is 0.276 e. The molecule has 0 unspecified atom stereocenters. The average Bonchev–Trinajstić information content (AvgIpc) is 3.27. The number of aromatic nitrogens is 3. The molecule has 4 aromatic rings. The summed E-state index contributed by atoms with van der Waals surface area (Å²) < 4.78 is 43.4. The van der Waals surface area contributed by atoms with Crippen LogP contribution < -0.4 is 5.32 Å². The van der Waals surface area contributed by atoms with Crippen molar-refractivity contribution < 1.29 is 18.0 Å². The van der Waals surface area contributed by atoms with Gasteiger partial charge in [-0.05, 0) is 73.3 Å². The molecule has 1 saturated heterocycles. The van der Waals surface area contributed by atoms with Gasteiger partial charge in [-0.25, -0.2) is 13.2 Å². The number of nitrogens with one attached hydrogen (secondary N) is 2. The molecule has 9 heteroatoms. The highest BCUT2D eigenvalue weighted by Gasteiger charge is 2.20. The fraction of sp³-hybridized carbons (Fsp3) is 0.269. The van der Waals surface area contributed by atoms with Crippen molar-refractivity contribution in [2.45, 2.75) is 26.3 Å². The van der Waals surface area contributed by atoms with E-state index in [2.05, 4.69) is 32.3 Å². The first kappa shape index (κ1) is 23.0. The maximum absolute atomic E-state index is 14.9. The zero-order valence-corrected chi connectivity index (χ0v) is 19.1. The number of carbonyl (C=O) groups is 1. The van der Waals surface area contributed by atoms with Crippen LogP contribution in [-0.2, 0) is 6.54 Å². The number of anilines is 1. The number of likely N-dealkylation sites (tertiary alicyclic amines) is 1. The standard InChI is InChI=1S/C26H24F3N5O/c1-15-5-8-34(9-6-15)14-16-10-18(24(29)21(28)11-16)17-2-3-22-19(12-17)25(33-32-22)26(35)31-23-13-30-7-4-20(23)27/h2-4,7,10-13,15H,5-6,8-9,14H2,1H3,(H,31,35)(H,32,33). The molecule has 6 nitrogen and oxygen atoms in total. The monoisotopic (exact) mass is 479 g/mol. The number of carbonyl (C=O) groups excluding carboxylic acids is 1. The second-order valence-electron chi connectivity index (χ2n) is 9.04. The zero-order valence-electron chi connectivity index (χ0n) is 19.1. The fourth-order valence-corrected chi connectivity index (χ4v) is 4.43. The Kier molecular flexibility index (Phi) is 6.25. The van der Waals surface area contributed by atoms with Crippen LogP contribution in [0.4, 0.5) is 18.9 Å². The number of piperidine rings is 1.